The zero-order valence-corrected chi connectivity index (χ0v) is 20.1. The molecule has 3 rings (SSSR count). The van der Waals surface area contributed by atoms with Crippen LogP contribution in [-0.4, -0.2) is 39.3 Å². The van der Waals surface area contributed by atoms with Crippen molar-refractivity contribution in [2.45, 2.75) is 57.8 Å². The van der Waals surface area contributed by atoms with Crippen LogP contribution in [0.3, 0.4) is 0 Å². The molecule has 1 amide bonds. The highest BCUT2D eigenvalue weighted by atomic mass is 32.2. The summed E-state index contributed by atoms with van der Waals surface area (Å²) in [6.45, 7) is 5.91. The minimum Gasteiger partial charge on any atom is -0.487 e. The fourth-order valence-electron chi connectivity index (χ4n) is 3.90. The number of hydrogen-bond acceptors (Lipinski definition) is 5. The molecule has 1 heterocycles. The van der Waals surface area contributed by atoms with E-state index in [4.69, 9.17) is 9.47 Å². The lowest BCUT2D eigenvalue weighted by Gasteiger charge is -2.41. The molecule has 2 aromatic carbocycles. The summed E-state index contributed by atoms with van der Waals surface area (Å²) in [6.07, 6.45) is 2.82. The van der Waals surface area contributed by atoms with Gasteiger partial charge in [0.1, 0.15) is 17.1 Å². The van der Waals surface area contributed by atoms with Crippen LogP contribution in [0, 0.1) is 0 Å². The molecule has 8 heteroatoms. The van der Waals surface area contributed by atoms with E-state index in [1.165, 1.54) is 11.4 Å². The summed E-state index contributed by atoms with van der Waals surface area (Å²) < 4.78 is 36.7. The summed E-state index contributed by atoms with van der Waals surface area (Å²) in [5, 5.41) is 3.14. The van der Waals surface area contributed by atoms with Crippen molar-refractivity contribution in [2.75, 3.05) is 17.6 Å². The Morgan fingerprint density at radius 3 is 2.41 bits per heavy atom. The first-order chi connectivity index (χ1) is 15.1. The monoisotopic (exact) mass is 460 g/mol. The van der Waals surface area contributed by atoms with Gasteiger partial charge in [0.15, 0.2) is 6.10 Å². The van der Waals surface area contributed by atoms with Crippen molar-refractivity contribution in [1.29, 1.82) is 0 Å². The zero-order valence-electron chi connectivity index (χ0n) is 19.3. The van der Waals surface area contributed by atoms with E-state index in [2.05, 4.69) is 19.2 Å². The summed E-state index contributed by atoms with van der Waals surface area (Å²) in [7, 11) is -1.86. The topological polar surface area (TPSA) is 84.9 Å². The van der Waals surface area contributed by atoms with Gasteiger partial charge < -0.3 is 14.8 Å². The minimum atomic E-state index is -3.34. The van der Waals surface area contributed by atoms with Crippen LogP contribution < -0.4 is 19.1 Å². The Bertz CT molecular complexity index is 1050. The summed E-state index contributed by atoms with van der Waals surface area (Å²) >= 11 is 0. The second-order valence-electron chi connectivity index (χ2n) is 8.28. The summed E-state index contributed by atoms with van der Waals surface area (Å²) in [6, 6.07) is 14.3. The summed E-state index contributed by atoms with van der Waals surface area (Å²) in [4.78, 5) is 13.0. The molecule has 0 bridgehead atoms. The van der Waals surface area contributed by atoms with Crippen LogP contribution in [0.15, 0.2) is 48.5 Å². The molecule has 0 fully saturated rings. The van der Waals surface area contributed by atoms with Gasteiger partial charge in [-0.2, -0.15) is 0 Å². The third-order valence-corrected chi connectivity index (χ3v) is 7.39. The van der Waals surface area contributed by atoms with E-state index in [1.54, 1.807) is 31.2 Å². The van der Waals surface area contributed by atoms with Crippen molar-refractivity contribution < 1.29 is 22.7 Å². The third kappa shape index (κ3) is 5.18. The van der Waals surface area contributed by atoms with Crippen LogP contribution in [-0.2, 0) is 14.8 Å². The molecule has 0 unspecified atom stereocenters. The van der Waals surface area contributed by atoms with Crippen molar-refractivity contribution in [3.05, 3.63) is 54.1 Å². The second-order valence-corrected chi connectivity index (χ2v) is 10.3. The maximum absolute atomic E-state index is 13.0. The Morgan fingerprint density at radius 1 is 1.19 bits per heavy atom. The number of fused-ring (bicyclic) bond motifs is 1. The number of benzene rings is 2. The Hall–Kier alpha value is -2.74. The molecule has 1 N–H and O–H groups in total. The SMILES string of the molecule is CCC1(CC)C[C@H](NC(=O)[C@H](C)Oc2ccc(N(C)S(C)(=O)=O)cc2)c2ccccc2O1. The van der Waals surface area contributed by atoms with Gasteiger partial charge in [0, 0.05) is 19.0 Å². The number of rotatable bonds is 8. The van der Waals surface area contributed by atoms with Crippen LogP contribution in [0.2, 0.25) is 0 Å². The van der Waals surface area contributed by atoms with Crippen LogP contribution in [0.1, 0.15) is 51.6 Å². The highest BCUT2D eigenvalue weighted by molar-refractivity contribution is 7.92. The Kier molecular flexibility index (Phi) is 7.03. The molecule has 174 valence electrons. The number of nitrogens with zero attached hydrogens (tertiary/aromatic N) is 1. The maximum Gasteiger partial charge on any atom is 0.261 e. The second kappa shape index (κ2) is 9.40. The number of hydrogen-bond donors (Lipinski definition) is 1. The number of carbonyl (C=O) groups excluding carboxylic acids is 1. The molecule has 1 aliphatic rings. The van der Waals surface area contributed by atoms with E-state index in [0.717, 1.165) is 30.4 Å². The van der Waals surface area contributed by atoms with E-state index < -0.39 is 16.1 Å². The van der Waals surface area contributed by atoms with Crippen molar-refractivity contribution in [2.24, 2.45) is 0 Å². The van der Waals surface area contributed by atoms with Crippen LogP contribution in [0.4, 0.5) is 5.69 Å². The average molecular weight is 461 g/mol. The third-order valence-electron chi connectivity index (χ3n) is 6.18. The van der Waals surface area contributed by atoms with Gasteiger partial charge in [-0.25, -0.2) is 8.42 Å². The number of nitrogens with one attached hydrogen (secondary N) is 1. The molecule has 0 aliphatic carbocycles. The van der Waals surface area contributed by atoms with Gasteiger partial charge in [-0.1, -0.05) is 32.0 Å². The number of sulfonamides is 1. The fourth-order valence-corrected chi connectivity index (χ4v) is 4.41. The maximum atomic E-state index is 13.0. The number of amides is 1. The highest BCUT2D eigenvalue weighted by Gasteiger charge is 2.39. The molecule has 0 spiro atoms. The lowest BCUT2D eigenvalue weighted by molar-refractivity contribution is -0.128. The van der Waals surface area contributed by atoms with Gasteiger partial charge >= 0.3 is 0 Å². The minimum absolute atomic E-state index is 0.163. The summed E-state index contributed by atoms with van der Waals surface area (Å²) in [5.41, 5.74) is 1.18. The Labute approximate surface area is 190 Å². The van der Waals surface area contributed by atoms with Crippen molar-refractivity contribution in [3.8, 4) is 11.5 Å². The molecule has 2 aromatic rings. The van der Waals surface area contributed by atoms with Gasteiger partial charge in [0.25, 0.3) is 5.91 Å². The predicted molar refractivity (Wildman–Crippen MR) is 126 cm³/mol. The van der Waals surface area contributed by atoms with Crippen molar-refractivity contribution in [1.82, 2.24) is 5.32 Å². The summed E-state index contributed by atoms with van der Waals surface area (Å²) in [5.74, 6) is 1.08. The number of para-hydroxylation sites is 1. The van der Waals surface area contributed by atoms with Crippen molar-refractivity contribution >= 4 is 21.6 Å². The molecular formula is C24H32N2O5S. The van der Waals surface area contributed by atoms with Gasteiger partial charge in [-0.05, 0) is 50.1 Å². The fraction of sp³-hybridized carbons (Fsp3) is 0.458. The van der Waals surface area contributed by atoms with E-state index in [-0.39, 0.29) is 17.6 Å². The smallest absolute Gasteiger partial charge is 0.261 e. The standard InChI is InChI=1S/C24H32N2O5S/c1-6-24(7-2)16-21(20-10-8-9-11-22(20)31-24)25-23(27)17(3)30-19-14-12-18(13-15-19)26(4)32(5,28)29/h8-15,17,21H,6-7,16H2,1-5H3,(H,25,27)/t17-,21-/m0/s1. The molecule has 0 radical (unpaired) electrons. The van der Waals surface area contributed by atoms with Gasteiger partial charge in [-0.15, -0.1) is 0 Å². The largest absolute Gasteiger partial charge is 0.487 e. The Morgan fingerprint density at radius 2 is 1.81 bits per heavy atom. The quantitative estimate of drug-likeness (QED) is 0.642. The molecule has 0 saturated carbocycles. The zero-order chi connectivity index (χ0) is 23.5. The number of ether oxygens (including phenoxy) is 2. The lowest BCUT2D eigenvalue weighted by atomic mass is 9.83. The molecular weight excluding hydrogens is 428 g/mol. The van der Waals surface area contributed by atoms with E-state index >= 15 is 0 Å². The molecule has 0 saturated heterocycles. The van der Waals surface area contributed by atoms with Crippen LogP contribution in [0.5, 0.6) is 11.5 Å². The van der Waals surface area contributed by atoms with Crippen LogP contribution in [0.25, 0.3) is 0 Å². The van der Waals surface area contributed by atoms with E-state index in [1.807, 2.05) is 24.3 Å². The van der Waals surface area contributed by atoms with Gasteiger partial charge in [0.2, 0.25) is 10.0 Å². The molecule has 2 atom stereocenters. The predicted octanol–water partition coefficient (Wildman–Crippen LogP) is 4.05. The molecule has 32 heavy (non-hydrogen) atoms. The lowest BCUT2D eigenvalue weighted by Crippen LogP contribution is -2.46. The first kappa shape index (κ1) is 23.9. The average Bonchev–Trinajstić information content (AvgIpc) is 2.78. The Balaban J connectivity index is 1.70. The number of carbonyl (C=O) groups is 1. The molecule has 1 aliphatic heterocycles. The highest BCUT2D eigenvalue weighted by Crippen LogP contribution is 2.42. The van der Waals surface area contributed by atoms with Crippen molar-refractivity contribution in [3.63, 3.8) is 0 Å². The first-order valence-electron chi connectivity index (χ1n) is 10.9. The number of anilines is 1. The normalized spacial score (nSPS) is 18.1. The van der Waals surface area contributed by atoms with Crippen LogP contribution >= 0.6 is 0 Å². The van der Waals surface area contributed by atoms with Gasteiger partial charge in [-0.3, -0.25) is 9.10 Å². The van der Waals surface area contributed by atoms with E-state index in [0.29, 0.717) is 17.9 Å². The molecule has 0 aromatic heterocycles. The molecule has 7 nitrogen and oxygen atoms in total. The van der Waals surface area contributed by atoms with Gasteiger partial charge in [0.05, 0.1) is 18.0 Å². The first-order valence-corrected chi connectivity index (χ1v) is 12.7. The van der Waals surface area contributed by atoms with E-state index in [9.17, 15) is 13.2 Å².